The molecule has 136 valence electrons. The summed E-state index contributed by atoms with van der Waals surface area (Å²) in [5.74, 6) is -1.31. The lowest BCUT2D eigenvalue weighted by molar-refractivity contribution is -0.139. The van der Waals surface area contributed by atoms with Crippen molar-refractivity contribution in [2.75, 3.05) is 20.1 Å². The van der Waals surface area contributed by atoms with Crippen LogP contribution in [0.25, 0.3) is 0 Å². The van der Waals surface area contributed by atoms with Gasteiger partial charge in [-0.05, 0) is 17.7 Å². The van der Waals surface area contributed by atoms with Gasteiger partial charge in [-0.2, -0.15) is 13.2 Å². The summed E-state index contributed by atoms with van der Waals surface area (Å²) in [7, 11) is 1.42. The van der Waals surface area contributed by atoms with Gasteiger partial charge in [-0.25, -0.2) is 0 Å². The molecule has 1 aromatic rings. The molecule has 1 rings (SSSR count). The smallest absolute Gasteiger partial charge is 0.358 e. The van der Waals surface area contributed by atoms with Crippen LogP contribution in [0.1, 0.15) is 18.1 Å². The van der Waals surface area contributed by atoms with Crippen LogP contribution >= 0.6 is 12.4 Å². The van der Waals surface area contributed by atoms with Crippen molar-refractivity contribution in [2.24, 2.45) is 11.7 Å². The predicted octanol–water partition coefficient (Wildman–Crippen LogP) is 1.80. The highest BCUT2D eigenvalue weighted by Gasteiger charge is 2.30. The Kier molecular flexibility index (Phi) is 8.77. The number of halogens is 4. The Bertz CT molecular complexity index is 567. The zero-order valence-corrected chi connectivity index (χ0v) is 14.2. The number of nitrogens with one attached hydrogen (secondary N) is 1. The molecule has 5 nitrogen and oxygen atoms in total. The first kappa shape index (κ1) is 22.2. The number of nitrogens with two attached hydrogens (primary N) is 1. The van der Waals surface area contributed by atoms with E-state index in [0.717, 1.165) is 12.1 Å². The normalized spacial score (nSPS) is 12.1. The van der Waals surface area contributed by atoms with Crippen molar-refractivity contribution >= 4 is 24.2 Å². The van der Waals surface area contributed by atoms with Crippen LogP contribution in [0.2, 0.25) is 0 Å². The van der Waals surface area contributed by atoms with Crippen molar-refractivity contribution < 1.29 is 22.8 Å². The molecule has 0 fully saturated rings. The topological polar surface area (TPSA) is 75.4 Å². The second kappa shape index (κ2) is 9.48. The third-order valence-electron chi connectivity index (χ3n) is 3.33. The molecule has 0 saturated carbocycles. The van der Waals surface area contributed by atoms with Crippen molar-refractivity contribution in [3.63, 3.8) is 0 Å². The number of carbonyl (C=O) groups excluding carboxylic acids is 2. The van der Waals surface area contributed by atoms with Gasteiger partial charge < -0.3 is 16.0 Å². The van der Waals surface area contributed by atoms with Gasteiger partial charge in [0.15, 0.2) is 0 Å². The van der Waals surface area contributed by atoms with E-state index in [-0.39, 0.29) is 37.9 Å². The Morgan fingerprint density at radius 1 is 1.33 bits per heavy atom. The van der Waals surface area contributed by atoms with Crippen molar-refractivity contribution in [1.82, 2.24) is 10.2 Å². The summed E-state index contributed by atoms with van der Waals surface area (Å²) in [6.45, 7) is 1.35. The van der Waals surface area contributed by atoms with Gasteiger partial charge in [-0.1, -0.05) is 19.1 Å². The lowest BCUT2D eigenvalue weighted by atomic mass is 10.1. The molecule has 0 saturated heterocycles. The van der Waals surface area contributed by atoms with E-state index in [1.807, 2.05) is 0 Å². The maximum atomic E-state index is 12.8. The summed E-state index contributed by atoms with van der Waals surface area (Å²) in [5, 5.41) is 2.38. The summed E-state index contributed by atoms with van der Waals surface area (Å²) >= 11 is 0. The van der Waals surface area contributed by atoms with Crippen LogP contribution in [0.4, 0.5) is 13.2 Å². The average molecular weight is 368 g/mol. The van der Waals surface area contributed by atoms with Gasteiger partial charge in [0.25, 0.3) is 0 Å². The van der Waals surface area contributed by atoms with Gasteiger partial charge in [0.1, 0.15) is 0 Å². The molecular weight excluding hydrogens is 347 g/mol. The molecule has 1 unspecified atom stereocenters. The first-order valence-electron chi connectivity index (χ1n) is 7.04. The van der Waals surface area contributed by atoms with Crippen molar-refractivity contribution in [3.8, 4) is 0 Å². The number of hydrogen-bond acceptors (Lipinski definition) is 3. The fourth-order valence-electron chi connectivity index (χ4n) is 1.94. The lowest BCUT2D eigenvalue weighted by Gasteiger charge is -2.25. The largest absolute Gasteiger partial charge is 0.416 e. The minimum absolute atomic E-state index is 0. The molecule has 0 heterocycles. The summed E-state index contributed by atoms with van der Waals surface area (Å²) in [4.78, 5) is 25.0. The van der Waals surface area contributed by atoms with Crippen LogP contribution in [0, 0.1) is 5.92 Å². The van der Waals surface area contributed by atoms with E-state index >= 15 is 0 Å². The van der Waals surface area contributed by atoms with E-state index in [4.69, 9.17) is 5.73 Å². The highest BCUT2D eigenvalue weighted by molar-refractivity contribution is 5.86. The maximum absolute atomic E-state index is 12.8. The van der Waals surface area contributed by atoms with E-state index in [1.165, 1.54) is 24.1 Å². The van der Waals surface area contributed by atoms with E-state index in [1.54, 1.807) is 6.92 Å². The minimum atomic E-state index is -4.46. The van der Waals surface area contributed by atoms with Crippen LogP contribution < -0.4 is 11.1 Å². The van der Waals surface area contributed by atoms with Gasteiger partial charge >= 0.3 is 6.18 Å². The maximum Gasteiger partial charge on any atom is 0.416 e. The number of amides is 2. The summed E-state index contributed by atoms with van der Waals surface area (Å²) in [6, 6.07) is 4.67. The fraction of sp³-hybridized carbons (Fsp3) is 0.467. The minimum Gasteiger partial charge on any atom is -0.358 e. The Hall–Kier alpha value is -1.80. The van der Waals surface area contributed by atoms with Gasteiger partial charge in [-0.15, -0.1) is 12.4 Å². The second-order valence-electron chi connectivity index (χ2n) is 5.20. The van der Waals surface area contributed by atoms with Crippen LogP contribution in [0.15, 0.2) is 24.3 Å². The highest BCUT2D eigenvalue weighted by Crippen LogP contribution is 2.29. The highest BCUT2D eigenvalue weighted by atomic mass is 35.5. The molecule has 3 N–H and O–H groups in total. The number of rotatable bonds is 6. The number of alkyl halides is 3. The number of benzene rings is 1. The molecule has 1 atom stereocenters. The third kappa shape index (κ3) is 6.37. The molecule has 0 aliphatic rings. The molecular formula is C15H21ClF3N3O2. The molecule has 0 aliphatic carbocycles. The predicted molar refractivity (Wildman–Crippen MR) is 86.4 cm³/mol. The summed E-state index contributed by atoms with van der Waals surface area (Å²) in [6.07, 6.45) is -4.46. The Labute approximate surface area is 144 Å². The fourth-order valence-corrected chi connectivity index (χ4v) is 1.94. The Balaban J connectivity index is 0.00000529. The molecule has 0 bridgehead atoms. The van der Waals surface area contributed by atoms with Crippen LogP contribution in [-0.4, -0.2) is 36.9 Å². The molecule has 0 aromatic heterocycles. The quantitative estimate of drug-likeness (QED) is 0.805. The zero-order chi connectivity index (χ0) is 17.6. The zero-order valence-electron chi connectivity index (χ0n) is 13.4. The van der Waals surface area contributed by atoms with E-state index < -0.39 is 23.6 Å². The molecule has 0 spiro atoms. The van der Waals surface area contributed by atoms with Gasteiger partial charge in [0.2, 0.25) is 11.8 Å². The Morgan fingerprint density at radius 3 is 2.46 bits per heavy atom. The molecule has 1 aromatic carbocycles. The average Bonchev–Trinajstić information content (AvgIpc) is 2.52. The van der Waals surface area contributed by atoms with Crippen LogP contribution in [-0.2, 0) is 22.3 Å². The lowest BCUT2D eigenvalue weighted by Crippen LogP contribution is -2.43. The Morgan fingerprint density at radius 2 is 1.96 bits per heavy atom. The number of carbonyl (C=O) groups is 2. The van der Waals surface area contributed by atoms with Gasteiger partial charge in [-0.3, -0.25) is 9.59 Å². The molecule has 24 heavy (non-hydrogen) atoms. The van der Waals surface area contributed by atoms with Gasteiger partial charge in [0, 0.05) is 26.1 Å². The van der Waals surface area contributed by atoms with Crippen molar-refractivity contribution in [3.05, 3.63) is 35.4 Å². The second-order valence-corrected chi connectivity index (χ2v) is 5.20. The molecule has 2 amide bonds. The molecule has 9 heteroatoms. The summed E-state index contributed by atoms with van der Waals surface area (Å²) < 4.78 is 38.3. The molecule has 0 aliphatic heterocycles. The SMILES string of the molecule is CNC(=O)CN(Cc1cccc(C(F)(F)F)c1)C(=O)C(C)CN.Cl. The standard InChI is InChI=1S/C15H20F3N3O2.ClH/c1-10(7-19)14(23)21(9-13(22)20-2)8-11-4-3-5-12(6-11)15(16,17)18;/h3-6,10H,7-9,19H2,1-2H3,(H,20,22);1H. The van der Waals surface area contributed by atoms with E-state index in [2.05, 4.69) is 5.32 Å². The first-order chi connectivity index (χ1) is 10.7. The first-order valence-corrected chi connectivity index (χ1v) is 7.04. The monoisotopic (exact) mass is 367 g/mol. The number of hydrogen-bond donors (Lipinski definition) is 2. The number of nitrogens with zero attached hydrogens (tertiary/aromatic N) is 1. The van der Waals surface area contributed by atoms with E-state index in [9.17, 15) is 22.8 Å². The van der Waals surface area contributed by atoms with Crippen LogP contribution in [0.5, 0.6) is 0 Å². The van der Waals surface area contributed by atoms with E-state index in [0.29, 0.717) is 5.56 Å². The number of likely N-dealkylation sites (N-methyl/N-ethyl adjacent to an activating group) is 1. The third-order valence-corrected chi connectivity index (χ3v) is 3.33. The van der Waals surface area contributed by atoms with Crippen LogP contribution in [0.3, 0.4) is 0 Å². The van der Waals surface area contributed by atoms with Crippen molar-refractivity contribution in [2.45, 2.75) is 19.6 Å². The van der Waals surface area contributed by atoms with Gasteiger partial charge in [0.05, 0.1) is 12.1 Å². The molecule has 0 radical (unpaired) electrons. The summed E-state index contributed by atoms with van der Waals surface area (Å²) in [5.41, 5.74) is 4.95. The van der Waals surface area contributed by atoms with Crippen molar-refractivity contribution in [1.29, 1.82) is 0 Å².